The summed E-state index contributed by atoms with van der Waals surface area (Å²) in [5.74, 6) is 0.543. The molecule has 1 amide bonds. The molecular formula is C13H16BrN5O. The Kier molecular flexibility index (Phi) is 3.71. The highest BCUT2D eigenvalue weighted by Crippen LogP contribution is 2.22. The molecule has 20 heavy (non-hydrogen) atoms. The van der Waals surface area contributed by atoms with E-state index in [1.54, 1.807) is 6.20 Å². The van der Waals surface area contributed by atoms with Gasteiger partial charge in [0, 0.05) is 24.9 Å². The number of carbonyl (C=O) groups excluding carboxylic acids is 1. The number of hydrogen-bond acceptors (Lipinski definition) is 4. The van der Waals surface area contributed by atoms with Gasteiger partial charge in [0.1, 0.15) is 4.60 Å². The van der Waals surface area contributed by atoms with Crippen LogP contribution >= 0.6 is 15.9 Å². The molecule has 1 saturated heterocycles. The van der Waals surface area contributed by atoms with Crippen LogP contribution in [0, 0.1) is 5.92 Å². The van der Waals surface area contributed by atoms with E-state index in [9.17, 15) is 4.79 Å². The smallest absolute Gasteiger partial charge is 0.234 e. The van der Waals surface area contributed by atoms with Gasteiger partial charge in [0.2, 0.25) is 11.7 Å². The van der Waals surface area contributed by atoms with E-state index >= 15 is 0 Å². The number of imidazole rings is 1. The van der Waals surface area contributed by atoms with E-state index < -0.39 is 0 Å². The number of piperidine rings is 1. The molecule has 2 aromatic heterocycles. The molecule has 6 nitrogen and oxygen atoms in total. The number of halogens is 1. The first-order valence-electron chi connectivity index (χ1n) is 6.64. The minimum atomic E-state index is -0.178. The lowest BCUT2D eigenvalue weighted by atomic mass is 9.96. The van der Waals surface area contributed by atoms with Crippen LogP contribution in [0.5, 0.6) is 0 Å². The van der Waals surface area contributed by atoms with Crippen molar-refractivity contribution in [3.8, 4) is 0 Å². The molecule has 0 bridgehead atoms. The second kappa shape index (κ2) is 5.49. The number of rotatable bonds is 3. The van der Waals surface area contributed by atoms with Gasteiger partial charge in [-0.05, 0) is 47.9 Å². The highest BCUT2D eigenvalue weighted by Gasteiger charge is 2.24. The molecule has 0 spiro atoms. The van der Waals surface area contributed by atoms with E-state index in [2.05, 4.69) is 30.8 Å². The fraction of sp³-hybridized carbons (Fsp3) is 0.462. The number of primary amides is 1. The maximum atomic E-state index is 11.2. The Morgan fingerprint density at radius 2 is 2.20 bits per heavy atom. The van der Waals surface area contributed by atoms with Gasteiger partial charge in [0.25, 0.3) is 0 Å². The zero-order valence-corrected chi connectivity index (χ0v) is 12.6. The van der Waals surface area contributed by atoms with E-state index in [1.165, 1.54) is 0 Å². The Labute approximate surface area is 125 Å². The number of fused-ring (bicyclic) bond motifs is 1. The maximum absolute atomic E-state index is 11.2. The first-order valence-corrected chi connectivity index (χ1v) is 7.43. The Balaban J connectivity index is 1.71. The number of nitrogens with two attached hydrogens (primary N) is 1. The van der Waals surface area contributed by atoms with Crippen molar-refractivity contribution in [3.63, 3.8) is 0 Å². The molecule has 0 aliphatic carbocycles. The van der Waals surface area contributed by atoms with Gasteiger partial charge in [0.15, 0.2) is 0 Å². The minimum Gasteiger partial charge on any atom is -0.369 e. The van der Waals surface area contributed by atoms with Crippen molar-refractivity contribution in [1.29, 1.82) is 0 Å². The number of amides is 1. The van der Waals surface area contributed by atoms with Gasteiger partial charge in [0.05, 0.1) is 5.69 Å². The highest BCUT2D eigenvalue weighted by molar-refractivity contribution is 9.10. The van der Waals surface area contributed by atoms with Gasteiger partial charge in [-0.3, -0.25) is 14.1 Å². The fourth-order valence-corrected chi connectivity index (χ4v) is 3.08. The Hall–Kier alpha value is -1.47. The summed E-state index contributed by atoms with van der Waals surface area (Å²) < 4.78 is 2.86. The molecule has 7 heteroatoms. The molecule has 2 aromatic rings. The number of aromatic nitrogens is 3. The predicted octanol–water partition coefficient (Wildman–Crippen LogP) is 1.19. The largest absolute Gasteiger partial charge is 0.369 e. The van der Waals surface area contributed by atoms with Crippen molar-refractivity contribution in [1.82, 2.24) is 19.3 Å². The van der Waals surface area contributed by atoms with Crippen LogP contribution in [0.25, 0.3) is 5.78 Å². The van der Waals surface area contributed by atoms with Crippen molar-refractivity contribution in [3.05, 3.63) is 28.8 Å². The molecule has 0 atom stereocenters. The molecule has 0 unspecified atom stereocenters. The van der Waals surface area contributed by atoms with Crippen LogP contribution in [-0.4, -0.2) is 38.3 Å². The van der Waals surface area contributed by atoms with Gasteiger partial charge < -0.3 is 5.73 Å². The molecule has 1 aliphatic rings. The molecule has 106 valence electrons. The van der Waals surface area contributed by atoms with Gasteiger partial charge in [-0.1, -0.05) is 0 Å². The van der Waals surface area contributed by atoms with Crippen LogP contribution in [0.1, 0.15) is 18.5 Å². The number of likely N-dealkylation sites (tertiary alicyclic amines) is 1. The van der Waals surface area contributed by atoms with Crippen LogP contribution in [0.4, 0.5) is 0 Å². The molecule has 1 aliphatic heterocycles. The van der Waals surface area contributed by atoms with Crippen LogP contribution in [0.15, 0.2) is 23.1 Å². The van der Waals surface area contributed by atoms with Crippen molar-refractivity contribution < 1.29 is 4.79 Å². The van der Waals surface area contributed by atoms with Crippen LogP contribution in [-0.2, 0) is 11.3 Å². The first kappa shape index (κ1) is 13.5. The topological polar surface area (TPSA) is 76.5 Å². The summed E-state index contributed by atoms with van der Waals surface area (Å²) in [4.78, 5) is 22.2. The minimum absolute atomic E-state index is 0.0254. The third-order valence-electron chi connectivity index (χ3n) is 3.77. The summed E-state index contributed by atoms with van der Waals surface area (Å²) in [6.45, 7) is 2.51. The maximum Gasteiger partial charge on any atom is 0.234 e. The summed E-state index contributed by atoms with van der Waals surface area (Å²) in [6, 6.07) is 1.88. The molecule has 3 rings (SSSR count). The van der Waals surface area contributed by atoms with Crippen molar-refractivity contribution in [2.24, 2.45) is 11.7 Å². The lowest BCUT2D eigenvalue weighted by Gasteiger charge is -2.29. The lowest BCUT2D eigenvalue weighted by molar-refractivity contribution is -0.123. The van der Waals surface area contributed by atoms with E-state index in [4.69, 9.17) is 5.73 Å². The molecule has 1 fully saturated rings. The lowest BCUT2D eigenvalue weighted by Crippen LogP contribution is -2.38. The summed E-state index contributed by atoms with van der Waals surface area (Å²) in [5, 5.41) is 0. The van der Waals surface area contributed by atoms with E-state index in [0.29, 0.717) is 5.78 Å². The average Bonchev–Trinajstić information content (AvgIpc) is 2.77. The molecule has 2 N–H and O–H groups in total. The van der Waals surface area contributed by atoms with E-state index in [-0.39, 0.29) is 11.8 Å². The van der Waals surface area contributed by atoms with Crippen LogP contribution in [0.3, 0.4) is 0 Å². The molecule has 0 radical (unpaired) electrons. The van der Waals surface area contributed by atoms with Gasteiger partial charge in [-0.15, -0.1) is 0 Å². The Morgan fingerprint density at radius 3 is 2.85 bits per heavy atom. The Morgan fingerprint density at radius 1 is 1.45 bits per heavy atom. The fourth-order valence-electron chi connectivity index (χ4n) is 2.59. The Bertz CT molecular complexity index is 633. The predicted molar refractivity (Wildman–Crippen MR) is 77.9 cm³/mol. The second-order valence-corrected chi connectivity index (χ2v) is 5.84. The summed E-state index contributed by atoms with van der Waals surface area (Å²) in [5.41, 5.74) is 6.32. The summed E-state index contributed by atoms with van der Waals surface area (Å²) >= 11 is 3.57. The summed E-state index contributed by atoms with van der Waals surface area (Å²) in [7, 11) is 0. The number of nitrogens with zero attached hydrogens (tertiary/aromatic N) is 4. The van der Waals surface area contributed by atoms with Crippen molar-refractivity contribution >= 4 is 27.6 Å². The van der Waals surface area contributed by atoms with Crippen molar-refractivity contribution in [2.45, 2.75) is 19.4 Å². The number of hydrogen-bond donors (Lipinski definition) is 1. The molecule has 0 saturated carbocycles. The highest BCUT2D eigenvalue weighted by atomic mass is 79.9. The molecule has 3 heterocycles. The third-order valence-corrected chi connectivity index (χ3v) is 4.61. The monoisotopic (exact) mass is 337 g/mol. The second-order valence-electron chi connectivity index (χ2n) is 5.09. The normalized spacial score (nSPS) is 17.6. The van der Waals surface area contributed by atoms with Crippen LogP contribution < -0.4 is 5.73 Å². The van der Waals surface area contributed by atoms with Crippen molar-refractivity contribution in [2.75, 3.05) is 13.1 Å². The SMILES string of the molecule is NC(=O)C1CCN(Cc2nc3ncccn3c2Br)CC1. The number of carbonyl (C=O) groups is 1. The quantitative estimate of drug-likeness (QED) is 0.912. The first-order chi connectivity index (χ1) is 9.65. The zero-order chi connectivity index (χ0) is 14.1. The van der Waals surface area contributed by atoms with Gasteiger partial charge >= 0.3 is 0 Å². The van der Waals surface area contributed by atoms with E-state index in [1.807, 2.05) is 16.7 Å². The van der Waals surface area contributed by atoms with E-state index in [0.717, 1.165) is 42.8 Å². The standard InChI is InChI=1S/C13H16BrN5O/c14-11-10(17-13-16-4-1-5-19(11)13)8-18-6-2-9(3-7-18)12(15)20/h1,4-5,9H,2-3,6-8H2,(H2,15,20). The average molecular weight is 338 g/mol. The molecule has 0 aromatic carbocycles. The van der Waals surface area contributed by atoms with Gasteiger partial charge in [-0.2, -0.15) is 0 Å². The summed E-state index contributed by atoms with van der Waals surface area (Å²) in [6.07, 6.45) is 5.33. The third kappa shape index (κ3) is 2.55. The van der Waals surface area contributed by atoms with Crippen LogP contribution in [0.2, 0.25) is 0 Å². The zero-order valence-electron chi connectivity index (χ0n) is 11.0. The van der Waals surface area contributed by atoms with Gasteiger partial charge in [-0.25, -0.2) is 9.97 Å². The molecular weight excluding hydrogens is 322 g/mol.